The third kappa shape index (κ3) is 3.97. The van der Waals surface area contributed by atoms with Crippen LogP contribution < -0.4 is 10.1 Å². The Bertz CT molecular complexity index is 1130. The molecule has 0 amide bonds. The lowest BCUT2D eigenvalue weighted by molar-refractivity contribution is 0.268. The van der Waals surface area contributed by atoms with Crippen molar-refractivity contribution in [2.24, 2.45) is 4.99 Å². The highest BCUT2D eigenvalue weighted by atomic mass is 79.9. The minimum Gasteiger partial charge on any atom is -0.493 e. The van der Waals surface area contributed by atoms with Gasteiger partial charge in [0.2, 0.25) is 0 Å². The number of benzene rings is 3. The number of aliphatic imine (C=N–C) groups is 1. The maximum absolute atomic E-state index is 6.18. The van der Waals surface area contributed by atoms with Crippen LogP contribution >= 0.6 is 39.1 Å². The molecule has 0 aromatic heterocycles. The van der Waals surface area contributed by atoms with Crippen molar-refractivity contribution in [3.05, 3.63) is 97.9 Å². The van der Waals surface area contributed by atoms with Gasteiger partial charge in [-0.25, -0.2) is 0 Å². The monoisotopic (exact) mass is 516 g/mol. The van der Waals surface area contributed by atoms with Crippen molar-refractivity contribution in [2.75, 3.05) is 6.61 Å². The Labute approximate surface area is 201 Å². The van der Waals surface area contributed by atoms with Crippen LogP contribution in [0.3, 0.4) is 0 Å². The zero-order valence-corrected chi connectivity index (χ0v) is 20.6. The number of hydrogen-bond acceptors (Lipinski definition) is 3. The van der Waals surface area contributed by atoms with Gasteiger partial charge in [0.25, 0.3) is 0 Å². The fraction of sp³-hybridized carbons (Fsp3) is 0.240. The lowest BCUT2D eigenvalue weighted by atomic mass is 9.72. The second kappa shape index (κ2) is 8.50. The lowest BCUT2D eigenvalue weighted by Gasteiger charge is -2.40. The molecule has 0 bridgehead atoms. The third-order valence-electron chi connectivity index (χ3n) is 6.00. The Morgan fingerprint density at radius 3 is 2.06 bits per heavy atom. The fourth-order valence-electron chi connectivity index (χ4n) is 4.08. The van der Waals surface area contributed by atoms with Crippen LogP contribution in [0.4, 0.5) is 0 Å². The van der Waals surface area contributed by atoms with Crippen LogP contribution in [0.5, 0.6) is 5.75 Å². The van der Waals surface area contributed by atoms with Crippen molar-refractivity contribution in [3.63, 3.8) is 0 Å². The number of nitrogens with zero attached hydrogens (tertiary/aromatic N) is 1. The molecule has 160 valence electrons. The summed E-state index contributed by atoms with van der Waals surface area (Å²) in [5.74, 6) is 1.56. The molecule has 31 heavy (non-hydrogen) atoms. The maximum atomic E-state index is 6.18. The van der Waals surface area contributed by atoms with Gasteiger partial charge in [-0.1, -0.05) is 63.4 Å². The summed E-state index contributed by atoms with van der Waals surface area (Å²) in [6, 6.07) is 21.8. The summed E-state index contributed by atoms with van der Waals surface area (Å²) in [6.07, 6.45) is 0. The topological polar surface area (TPSA) is 33.6 Å². The van der Waals surface area contributed by atoms with E-state index in [9.17, 15) is 0 Å². The molecule has 0 unspecified atom stereocenters. The van der Waals surface area contributed by atoms with Crippen molar-refractivity contribution in [2.45, 2.75) is 31.8 Å². The molecule has 1 aliphatic rings. The number of ether oxygens (including phenoxy) is 1. The highest BCUT2D eigenvalue weighted by Crippen LogP contribution is 2.48. The van der Waals surface area contributed by atoms with Crippen molar-refractivity contribution in [1.29, 1.82) is 0 Å². The van der Waals surface area contributed by atoms with Crippen molar-refractivity contribution >= 4 is 45.0 Å². The van der Waals surface area contributed by atoms with Crippen LogP contribution in [0.15, 0.2) is 76.2 Å². The van der Waals surface area contributed by atoms with E-state index in [0.29, 0.717) is 16.7 Å². The van der Waals surface area contributed by atoms with Gasteiger partial charge in [0.15, 0.2) is 0 Å². The molecule has 1 aliphatic heterocycles. The normalized spacial score (nSPS) is 22.7. The molecule has 0 radical (unpaired) electrons. The predicted molar refractivity (Wildman–Crippen MR) is 133 cm³/mol. The predicted octanol–water partition coefficient (Wildman–Crippen LogP) is 7.34. The largest absolute Gasteiger partial charge is 0.493 e. The molecule has 1 heterocycles. The first-order valence-corrected chi connectivity index (χ1v) is 11.6. The third-order valence-corrected chi connectivity index (χ3v) is 7.00. The number of amidine groups is 1. The van der Waals surface area contributed by atoms with E-state index in [1.165, 1.54) is 0 Å². The van der Waals surface area contributed by atoms with Crippen LogP contribution in [0.2, 0.25) is 10.0 Å². The summed E-state index contributed by atoms with van der Waals surface area (Å²) < 4.78 is 6.88. The van der Waals surface area contributed by atoms with E-state index in [2.05, 4.69) is 35.1 Å². The molecule has 3 nitrogen and oxygen atoms in total. The first-order chi connectivity index (χ1) is 14.8. The molecule has 6 heteroatoms. The zero-order valence-electron chi connectivity index (χ0n) is 17.5. The molecule has 0 saturated heterocycles. The number of rotatable bonds is 5. The number of hydrogen-bond donors (Lipinski definition) is 1. The van der Waals surface area contributed by atoms with Gasteiger partial charge in [-0.15, -0.1) is 0 Å². The Balaban J connectivity index is 1.90. The van der Waals surface area contributed by atoms with E-state index >= 15 is 0 Å². The molecule has 3 aromatic carbocycles. The number of nitrogens with one attached hydrogen (secondary N) is 1. The average molecular weight is 518 g/mol. The highest BCUT2D eigenvalue weighted by Gasteiger charge is 2.52. The first kappa shape index (κ1) is 22.2. The molecule has 0 saturated carbocycles. The summed E-state index contributed by atoms with van der Waals surface area (Å²) in [5.41, 5.74) is 1.94. The summed E-state index contributed by atoms with van der Waals surface area (Å²) >= 11 is 15.9. The van der Waals surface area contributed by atoms with Gasteiger partial charge < -0.3 is 10.1 Å². The van der Waals surface area contributed by atoms with E-state index in [-0.39, 0.29) is 0 Å². The van der Waals surface area contributed by atoms with Crippen molar-refractivity contribution in [1.82, 2.24) is 5.32 Å². The Kier molecular flexibility index (Phi) is 6.08. The zero-order chi connectivity index (χ0) is 22.2. The van der Waals surface area contributed by atoms with Crippen molar-refractivity contribution < 1.29 is 4.74 Å². The van der Waals surface area contributed by atoms with Gasteiger partial charge in [0.1, 0.15) is 17.1 Å². The minimum absolute atomic E-state index is 0.530. The van der Waals surface area contributed by atoms with Gasteiger partial charge in [0.05, 0.1) is 17.7 Å². The lowest BCUT2D eigenvalue weighted by Crippen LogP contribution is -2.50. The van der Waals surface area contributed by atoms with Crippen LogP contribution in [-0.2, 0) is 11.1 Å². The van der Waals surface area contributed by atoms with E-state index in [1.807, 2.05) is 73.7 Å². The van der Waals surface area contributed by atoms with Gasteiger partial charge >= 0.3 is 0 Å². The summed E-state index contributed by atoms with van der Waals surface area (Å²) in [4.78, 5) is 5.25. The van der Waals surface area contributed by atoms with Crippen molar-refractivity contribution in [3.8, 4) is 5.75 Å². The quantitative estimate of drug-likeness (QED) is 0.384. The average Bonchev–Trinajstić information content (AvgIpc) is 3.02. The summed E-state index contributed by atoms with van der Waals surface area (Å²) in [7, 11) is 0. The molecule has 1 N–H and O–H groups in total. The van der Waals surface area contributed by atoms with E-state index in [4.69, 9.17) is 32.9 Å². The Hall–Kier alpha value is -2.01. The van der Waals surface area contributed by atoms with Gasteiger partial charge in [0, 0.05) is 14.5 Å². The Morgan fingerprint density at radius 1 is 0.903 bits per heavy atom. The maximum Gasteiger partial charge on any atom is 0.133 e. The molecule has 0 aliphatic carbocycles. The van der Waals surface area contributed by atoms with Gasteiger partial charge in [-0.2, -0.15) is 0 Å². The molecular weight excluding hydrogens is 495 g/mol. The molecule has 0 spiro atoms. The van der Waals surface area contributed by atoms with E-state index < -0.39 is 11.1 Å². The summed E-state index contributed by atoms with van der Waals surface area (Å²) in [6.45, 7) is 6.86. The molecule has 2 atom stereocenters. The highest BCUT2D eigenvalue weighted by molar-refractivity contribution is 9.10. The van der Waals surface area contributed by atoms with E-state index in [0.717, 1.165) is 32.7 Å². The smallest absolute Gasteiger partial charge is 0.133 e. The molecule has 3 aromatic rings. The van der Waals surface area contributed by atoms with Crippen LogP contribution in [-0.4, -0.2) is 12.4 Å². The molecule has 4 rings (SSSR count). The first-order valence-electron chi connectivity index (χ1n) is 10.1. The SMILES string of the molecule is CCOc1cc(Br)ccc1C1=N[C@@](C)(c2ccc(Cl)cc2)[C@@](C)(c2ccc(Cl)cc2)N1. The van der Waals surface area contributed by atoms with Crippen LogP contribution in [0, 0.1) is 0 Å². The standard InChI is InChI=1S/C25H23BrCl2N2O/c1-4-31-22-15-18(26)9-14-21(22)23-29-24(2,16-5-10-19(27)11-6-16)25(3,30-23)17-7-12-20(28)13-8-17/h5-15H,4H2,1-3H3,(H,29,30)/t24-,25+. The van der Waals surface area contributed by atoms with Gasteiger partial charge in [-0.3, -0.25) is 4.99 Å². The second-order valence-electron chi connectivity index (χ2n) is 7.87. The van der Waals surface area contributed by atoms with Crippen LogP contribution in [0.25, 0.3) is 0 Å². The fourth-order valence-corrected chi connectivity index (χ4v) is 4.67. The van der Waals surface area contributed by atoms with Crippen LogP contribution in [0.1, 0.15) is 37.5 Å². The summed E-state index contributed by atoms with van der Waals surface area (Å²) in [5, 5.41) is 5.12. The second-order valence-corrected chi connectivity index (χ2v) is 9.66. The number of halogens is 3. The minimum atomic E-state index is -0.600. The molecule has 0 fully saturated rings. The Morgan fingerprint density at radius 2 is 1.48 bits per heavy atom. The van der Waals surface area contributed by atoms with Gasteiger partial charge in [-0.05, 0) is 74.4 Å². The van der Waals surface area contributed by atoms with E-state index in [1.54, 1.807) is 0 Å². The molecular formula is C25H23BrCl2N2O.